The highest BCUT2D eigenvalue weighted by Crippen LogP contribution is 2.31. The molecule has 2 amide bonds. The van der Waals surface area contributed by atoms with Crippen LogP contribution in [0.1, 0.15) is 59.6 Å². The molecule has 186 valence electrons. The molecule has 1 N–H and O–H groups in total. The molecule has 0 bridgehead atoms. The van der Waals surface area contributed by atoms with Gasteiger partial charge in [-0.25, -0.2) is 0 Å². The van der Waals surface area contributed by atoms with Gasteiger partial charge in [0.1, 0.15) is 17.5 Å². The summed E-state index contributed by atoms with van der Waals surface area (Å²) in [7, 11) is 1.60. The Kier molecular flexibility index (Phi) is 9.17. The Balaban J connectivity index is 2.21. The van der Waals surface area contributed by atoms with Crippen LogP contribution in [0.2, 0.25) is 0 Å². The third kappa shape index (κ3) is 8.05. The van der Waals surface area contributed by atoms with Crippen LogP contribution in [0, 0.1) is 0 Å². The second kappa shape index (κ2) is 11.3. The van der Waals surface area contributed by atoms with Gasteiger partial charge in [0, 0.05) is 12.1 Å². The molecule has 0 unspecified atom stereocenters. The van der Waals surface area contributed by atoms with E-state index in [9.17, 15) is 9.59 Å². The lowest BCUT2D eigenvalue weighted by Gasteiger charge is -2.31. The lowest BCUT2D eigenvalue weighted by Crippen LogP contribution is -2.53. The monoisotopic (exact) mass is 532 g/mol. The molecule has 0 aliphatic heterocycles. The van der Waals surface area contributed by atoms with Gasteiger partial charge < -0.3 is 19.7 Å². The minimum Gasteiger partial charge on any atom is -0.497 e. The summed E-state index contributed by atoms with van der Waals surface area (Å²) in [5, 5.41) is 2.96. The van der Waals surface area contributed by atoms with Crippen LogP contribution < -0.4 is 14.8 Å². The van der Waals surface area contributed by atoms with E-state index in [0.29, 0.717) is 5.75 Å². The average molecular weight is 534 g/mol. The predicted octanol–water partition coefficient (Wildman–Crippen LogP) is 5.47. The number of hydrogen-bond acceptors (Lipinski definition) is 4. The molecule has 0 saturated carbocycles. The van der Waals surface area contributed by atoms with E-state index in [1.165, 1.54) is 0 Å². The van der Waals surface area contributed by atoms with Crippen molar-refractivity contribution in [2.24, 2.45) is 0 Å². The molecule has 1 atom stereocenters. The van der Waals surface area contributed by atoms with E-state index in [1.807, 2.05) is 63.2 Å². The van der Waals surface area contributed by atoms with Gasteiger partial charge in [-0.05, 0) is 84.4 Å². The molecule has 0 fully saturated rings. The molecule has 0 aromatic heterocycles. The Morgan fingerprint density at radius 3 is 2.15 bits per heavy atom. The van der Waals surface area contributed by atoms with Gasteiger partial charge in [0.05, 0.1) is 11.6 Å². The summed E-state index contributed by atoms with van der Waals surface area (Å²) >= 11 is 3.55. The summed E-state index contributed by atoms with van der Waals surface area (Å²) in [6.45, 7) is 14.0. The number of benzene rings is 2. The second-order valence-electron chi connectivity index (χ2n) is 10.5. The predicted molar refractivity (Wildman–Crippen MR) is 139 cm³/mol. The maximum atomic E-state index is 13.3. The third-order valence-corrected chi connectivity index (χ3v) is 5.95. The van der Waals surface area contributed by atoms with Crippen LogP contribution in [0.5, 0.6) is 11.5 Å². The fourth-order valence-corrected chi connectivity index (χ4v) is 3.78. The zero-order chi connectivity index (χ0) is 25.7. The standard InChI is InChI=1S/C27H37BrN2O4/c1-18(25(32)29-27(5,6)7)30(16-19-9-12-21(33-8)13-10-19)24(31)17-34-23-14-11-20(15-22(23)28)26(2,3)4/h9-15,18H,16-17H2,1-8H3,(H,29,32)/t18-/m0/s1. The molecule has 0 heterocycles. The van der Waals surface area contributed by atoms with E-state index >= 15 is 0 Å². The van der Waals surface area contributed by atoms with Crippen LogP contribution in [0.15, 0.2) is 46.9 Å². The van der Waals surface area contributed by atoms with Gasteiger partial charge >= 0.3 is 0 Å². The Hall–Kier alpha value is -2.54. The maximum Gasteiger partial charge on any atom is 0.261 e. The quantitative estimate of drug-likeness (QED) is 0.489. The van der Waals surface area contributed by atoms with Crippen LogP contribution in [0.25, 0.3) is 0 Å². The second-order valence-corrected chi connectivity index (χ2v) is 11.3. The van der Waals surface area contributed by atoms with Crippen LogP contribution in [-0.4, -0.2) is 42.0 Å². The molecule has 6 nitrogen and oxygen atoms in total. The zero-order valence-electron chi connectivity index (χ0n) is 21.5. The van der Waals surface area contributed by atoms with Crippen LogP contribution in [0.4, 0.5) is 0 Å². The van der Waals surface area contributed by atoms with Crippen LogP contribution in [0.3, 0.4) is 0 Å². The minimum atomic E-state index is -0.677. The highest BCUT2D eigenvalue weighted by molar-refractivity contribution is 9.10. The van der Waals surface area contributed by atoms with Gasteiger partial charge in [-0.3, -0.25) is 9.59 Å². The minimum absolute atomic E-state index is 0.00187. The van der Waals surface area contributed by atoms with Crippen molar-refractivity contribution < 1.29 is 19.1 Å². The van der Waals surface area contributed by atoms with E-state index in [2.05, 4.69) is 42.0 Å². The molecular formula is C27H37BrN2O4. The third-order valence-electron chi connectivity index (χ3n) is 5.33. The number of carbonyl (C=O) groups excluding carboxylic acids is 2. The SMILES string of the molecule is COc1ccc(CN(C(=O)COc2ccc(C(C)(C)C)cc2Br)[C@@H](C)C(=O)NC(C)(C)C)cc1. The first-order valence-electron chi connectivity index (χ1n) is 11.4. The van der Waals surface area contributed by atoms with Crippen molar-refractivity contribution in [1.82, 2.24) is 10.2 Å². The number of methoxy groups -OCH3 is 1. The summed E-state index contributed by atoms with van der Waals surface area (Å²) in [5.74, 6) is 0.814. The van der Waals surface area contributed by atoms with E-state index in [-0.39, 0.29) is 30.4 Å². The largest absolute Gasteiger partial charge is 0.497 e. The molecule has 34 heavy (non-hydrogen) atoms. The van der Waals surface area contributed by atoms with E-state index in [0.717, 1.165) is 21.3 Å². The molecule has 2 aromatic carbocycles. The molecule has 2 aromatic rings. The van der Waals surface area contributed by atoms with E-state index in [4.69, 9.17) is 9.47 Å². The van der Waals surface area contributed by atoms with Gasteiger partial charge in [-0.2, -0.15) is 0 Å². The lowest BCUT2D eigenvalue weighted by atomic mass is 9.87. The first-order chi connectivity index (χ1) is 15.7. The molecule has 0 aliphatic rings. The molecule has 0 spiro atoms. The molecule has 7 heteroatoms. The Labute approximate surface area is 212 Å². The van der Waals surface area contributed by atoms with Crippen molar-refractivity contribution in [3.8, 4) is 11.5 Å². The number of nitrogens with zero attached hydrogens (tertiary/aromatic N) is 1. The highest BCUT2D eigenvalue weighted by atomic mass is 79.9. The van der Waals surface area contributed by atoms with Crippen LogP contribution >= 0.6 is 15.9 Å². The van der Waals surface area contributed by atoms with Crippen molar-refractivity contribution in [1.29, 1.82) is 0 Å². The number of carbonyl (C=O) groups is 2. The van der Waals surface area contributed by atoms with Gasteiger partial charge in [-0.15, -0.1) is 0 Å². The van der Waals surface area contributed by atoms with Crippen LogP contribution in [-0.2, 0) is 21.5 Å². The average Bonchev–Trinajstić information content (AvgIpc) is 2.74. The number of nitrogens with one attached hydrogen (secondary N) is 1. The fraction of sp³-hybridized carbons (Fsp3) is 0.481. The normalized spacial score (nSPS) is 12.6. The maximum absolute atomic E-state index is 13.3. The fourth-order valence-electron chi connectivity index (χ4n) is 3.29. The van der Waals surface area contributed by atoms with Gasteiger partial charge in [0.15, 0.2) is 6.61 Å². The highest BCUT2D eigenvalue weighted by Gasteiger charge is 2.29. The van der Waals surface area contributed by atoms with Gasteiger partial charge in [0.25, 0.3) is 5.91 Å². The number of ether oxygens (including phenoxy) is 2. The topological polar surface area (TPSA) is 67.9 Å². The van der Waals surface area contributed by atoms with Crippen molar-refractivity contribution in [2.75, 3.05) is 13.7 Å². The zero-order valence-corrected chi connectivity index (χ0v) is 23.1. The molecular weight excluding hydrogens is 496 g/mol. The molecule has 2 rings (SSSR count). The summed E-state index contributed by atoms with van der Waals surface area (Å²) in [6.07, 6.45) is 0. The lowest BCUT2D eigenvalue weighted by molar-refractivity contribution is -0.142. The number of hydrogen-bond donors (Lipinski definition) is 1. The molecule has 0 aliphatic carbocycles. The number of amides is 2. The first kappa shape index (κ1) is 27.7. The number of rotatable bonds is 8. The van der Waals surface area contributed by atoms with Gasteiger partial charge in [0.2, 0.25) is 5.91 Å². The molecule has 0 saturated heterocycles. The Morgan fingerprint density at radius 2 is 1.65 bits per heavy atom. The summed E-state index contributed by atoms with van der Waals surface area (Å²) in [4.78, 5) is 27.7. The van der Waals surface area contributed by atoms with Crippen molar-refractivity contribution >= 4 is 27.7 Å². The van der Waals surface area contributed by atoms with Crippen molar-refractivity contribution in [3.63, 3.8) is 0 Å². The first-order valence-corrected chi connectivity index (χ1v) is 12.2. The van der Waals surface area contributed by atoms with Crippen molar-refractivity contribution in [2.45, 2.75) is 72.0 Å². The smallest absolute Gasteiger partial charge is 0.261 e. The number of halogens is 1. The summed E-state index contributed by atoms with van der Waals surface area (Å²) < 4.78 is 11.9. The summed E-state index contributed by atoms with van der Waals surface area (Å²) in [5.41, 5.74) is 1.64. The molecule has 0 radical (unpaired) electrons. The van der Waals surface area contributed by atoms with Crippen molar-refractivity contribution in [3.05, 3.63) is 58.1 Å². The van der Waals surface area contributed by atoms with Gasteiger partial charge in [-0.1, -0.05) is 39.0 Å². The Morgan fingerprint density at radius 1 is 1.03 bits per heavy atom. The van der Waals surface area contributed by atoms with E-state index < -0.39 is 11.6 Å². The Bertz CT molecular complexity index is 991. The van der Waals surface area contributed by atoms with E-state index in [1.54, 1.807) is 18.9 Å². The summed E-state index contributed by atoms with van der Waals surface area (Å²) in [6, 6.07) is 12.6.